The zero-order valence-electron chi connectivity index (χ0n) is 11.6. The van der Waals surface area contributed by atoms with E-state index in [-0.39, 0.29) is 18.7 Å². The number of hydrogen-bond acceptors (Lipinski definition) is 5. The Morgan fingerprint density at radius 2 is 1.95 bits per heavy atom. The van der Waals surface area contributed by atoms with E-state index in [1.165, 1.54) is 7.11 Å². The molecule has 6 nitrogen and oxygen atoms in total. The first-order chi connectivity index (χ1) is 10.2. The first kappa shape index (κ1) is 14.6. The average molecular weight is 285 g/mol. The molecule has 0 aliphatic carbocycles. The summed E-state index contributed by atoms with van der Waals surface area (Å²) in [6, 6.07) is 7.33. The van der Waals surface area contributed by atoms with Gasteiger partial charge in [0, 0.05) is 36.1 Å². The Balaban J connectivity index is 1.94. The van der Waals surface area contributed by atoms with Gasteiger partial charge in [0.1, 0.15) is 5.82 Å². The number of pyridine rings is 2. The van der Waals surface area contributed by atoms with Crippen molar-refractivity contribution in [2.45, 2.75) is 12.8 Å². The molecule has 2 aromatic rings. The highest BCUT2D eigenvalue weighted by atomic mass is 16.5. The van der Waals surface area contributed by atoms with Crippen molar-refractivity contribution in [1.29, 1.82) is 0 Å². The molecule has 0 saturated carbocycles. The quantitative estimate of drug-likeness (QED) is 0.850. The SMILES string of the molecule is COC(=O)CCC(=O)Nc1ccc(-c2cccnc2)cn1. The minimum absolute atomic E-state index is 0.0517. The third-order valence-electron chi connectivity index (χ3n) is 2.81. The minimum Gasteiger partial charge on any atom is -0.469 e. The van der Waals surface area contributed by atoms with Crippen LogP contribution in [0.2, 0.25) is 0 Å². The Morgan fingerprint density at radius 3 is 2.57 bits per heavy atom. The van der Waals surface area contributed by atoms with E-state index in [0.29, 0.717) is 5.82 Å². The number of nitrogens with zero attached hydrogens (tertiary/aromatic N) is 2. The van der Waals surface area contributed by atoms with Crippen LogP contribution in [0.4, 0.5) is 5.82 Å². The van der Waals surface area contributed by atoms with E-state index in [2.05, 4.69) is 20.0 Å². The highest BCUT2D eigenvalue weighted by Gasteiger charge is 2.08. The summed E-state index contributed by atoms with van der Waals surface area (Å²) in [4.78, 5) is 30.8. The van der Waals surface area contributed by atoms with Gasteiger partial charge in [-0.3, -0.25) is 14.6 Å². The summed E-state index contributed by atoms with van der Waals surface area (Å²) in [5, 5.41) is 2.63. The lowest BCUT2D eigenvalue weighted by molar-refractivity contribution is -0.141. The molecule has 0 saturated heterocycles. The molecule has 0 atom stereocenters. The van der Waals surface area contributed by atoms with Crippen LogP contribution in [-0.2, 0) is 14.3 Å². The third-order valence-corrected chi connectivity index (χ3v) is 2.81. The minimum atomic E-state index is -0.412. The first-order valence-electron chi connectivity index (χ1n) is 6.42. The highest BCUT2D eigenvalue weighted by Crippen LogP contribution is 2.18. The number of ether oxygens (including phenoxy) is 1. The van der Waals surface area contributed by atoms with Crippen LogP contribution in [0.3, 0.4) is 0 Å². The first-order valence-corrected chi connectivity index (χ1v) is 6.42. The van der Waals surface area contributed by atoms with Crippen molar-refractivity contribution in [1.82, 2.24) is 9.97 Å². The van der Waals surface area contributed by atoms with Crippen LogP contribution in [0.25, 0.3) is 11.1 Å². The van der Waals surface area contributed by atoms with E-state index < -0.39 is 5.97 Å². The second-order valence-electron chi connectivity index (χ2n) is 4.30. The number of methoxy groups -OCH3 is 1. The maximum atomic E-state index is 11.6. The molecule has 2 rings (SSSR count). The maximum absolute atomic E-state index is 11.6. The van der Waals surface area contributed by atoms with Gasteiger partial charge in [-0.25, -0.2) is 4.98 Å². The highest BCUT2D eigenvalue weighted by molar-refractivity contribution is 5.91. The zero-order valence-corrected chi connectivity index (χ0v) is 11.6. The zero-order chi connectivity index (χ0) is 15.1. The predicted octanol–water partition coefficient (Wildman–Crippen LogP) is 2.04. The average Bonchev–Trinajstić information content (AvgIpc) is 2.54. The van der Waals surface area contributed by atoms with E-state index >= 15 is 0 Å². The number of rotatable bonds is 5. The number of hydrogen-bond donors (Lipinski definition) is 1. The Kier molecular flexibility index (Phi) is 4.98. The topological polar surface area (TPSA) is 81.2 Å². The van der Waals surface area contributed by atoms with Crippen molar-refractivity contribution in [2.24, 2.45) is 0 Å². The Bertz CT molecular complexity index is 612. The lowest BCUT2D eigenvalue weighted by Crippen LogP contribution is -2.14. The standard InChI is InChI=1S/C15H15N3O3/c1-21-15(20)7-6-14(19)18-13-5-4-12(10-17-13)11-3-2-8-16-9-11/h2-5,8-10H,6-7H2,1H3,(H,17,18,19). The number of nitrogens with one attached hydrogen (secondary N) is 1. The fraction of sp³-hybridized carbons (Fsp3) is 0.200. The summed E-state index contributed by atoms with van der Waals surface area (Å²) in [6.45, 7) is 0. The molecule has 0 spiro atoms. The van der Waals surface area contributed by atoms with Crippen LogP contribution in [0.15, 0.2) is 42.9 Å². The molecule has 0 aliphatic rings. The molecule has 0 fully saturated rings. The van der Waals surface area contributed by atoms with Crippen molar-refractivity contribution in [3.05, 3.63) is 42.9 Å². The third kappa shape index (κ3) is 4.38. The Morgan fingerprint density at radius 1 is 1.14 bits per heavy atom. The van der Waals surface area contributed by atoms with Gasteiger partial charge in [-0.2, -0.15) is 0 Å². The predicted molar refractivity (Wildman–Crippen MR) is 77.3 cm³/mol. The van der Waals surface area contributed by atoms with Gasteiger partial charge in [-0.15, -0.1) is 0 Å². The molecule has 0 bridgehead atoms. The molecule has 0 aliphatic heterocycles. The molecule has 6 heteroatoms. The van der Waals surface area contributed by atoms with Crippen LogP contribution < -0.4 is 5.32 Å². The summed E-state index contributed by atoms with van der Waals surface area (Å²) >= 11 is 0. The summed E-state index contributed by atoms with van der Waals surface area (Å²) < 4.78 is 4.48. The van der Waals surface area contributed by atoms with Crippen LogP contribution in [0.5, 0.6) is 0 Å². The van der Waals surface area contributed by atoms with Crippen LogP contribution in [0.1, 0.15) is 12.8 Å². The second-order valence-corrected chi connectivity index (χ2v) is 4.30. The lowest BCUT2D eigenvalue weighted by Gasteiger charge is -2.05. The van der Waals surface area contributed by atoms with Crippen LogP contribution >= 0.6 is 0 Å². The second kappa shape index (κ2) is 7.14. The molecule has 0 unspecified atom stereocenters. The molecule has 0 aromatic carbocycles. The maximum Gasteiger partial charge on any atom is 0.306 e. The number of esters is 1. The Hall–Kier alpha value is -2.76. The van der Waals surface area contributed by atoms with E-state index in [4.69, 9.17) is 0 Å². The van der Waals surface area contributed by atoms with Crippen molar-refractivity contribution in [2.75, 3.05) is 12.4 Å². The van der Waals surface area contributed by atoms with Gasteiger partial charge >= 0.3 is 5.97 Å². The molecule has 0 radical (unpaired) electrons. The summed E-state index contributed by atoms with van der Waals surface area (Å²) in [5.41, 5.74) is 1.87. The molecule has 108 valence electrons. The van der Waals surface area contributed by atoms with Crippen molar-refractivity contribution in [3.8, 4) is 11.1 Å². The van der Waals surface area contributed by atoms with Crippen molar-refractivity contribution in [3.63, 3.8) is 0 Å². The van der Waals surface area contributed by atoms with Gasteiger partial charge in [-0.05, 0) is 18.2 Å². The van der Waals surface area contributed by atoms with E-state index in [1.807, 2.05) is 18.2 Å². The molecule has 2 heterocycles. The van der Waals surface area contributed by atoms with Crippen LogP contribution in [-0.4, -0.2) is 29.0 Å². The number of carbonyl (C=O) groups excluding carboxylic acids is 2. The molecule has 21 heavy (non-hydrogen) atoms. The lowest BCUT2D eigenvalue weighted by atomic mass is 10.1. The smallest absolute Gasteiger partial charge is 0.306 e. The molecular weight excluding hydrogens is 270 g/mol. The van der Waals surface area contributed by atoms with Crippen LogP contribution in [0, 0.1) is 0 Å². The fourth-order valence-corrected chi connectivity index (χ4v) is 1.70. The van der Waals surface area contributed by atoms with E-state index in [9.17, 15) is 9.59 Å². The van der Waals surface area contributed by atoms with Gasteiger partial charge in [0.25, 0.3) is 0 Å². The fourth-order valence-electron chi connectivity index (χ4n) is 1.70. The molecule has 1 amide bonds. The molecule has 2 aromatic heterocycles. The van der Waals surface area contributed by atoms with Gasteiger partial charge in [0.05, 0.1) is 13.5 Å². The number of carbonyl (C=O) groups is 2. The molecular formula is C15H15N3O3. The number of anilines is 1. The van der Waals surface area contributed by atoms with Crippen molar-refractivity contribution < 1.29 is 14.3 Å². The number of amides is 1. The van der Waals surface area contributed by atoms with Gasteiger partial charge in [0.2, 0.25) is 5.91 Å². The van der Waals surface area contributed by atoms with E-state index in [1.54, 1.807) is 24.7 Å². The van der Waals surface area contributed by atoms with Gasteiger partial charge < -0.3 is 10.1 Å². The number of aromatic nitrogens is 2. The summed E-state index contributed by atoms with van der Waals surface area (Å²) in [5.74, 6) is -0.246. The normalized spacial score (nSPS) is 9.95. The summed E-state index contributed by atoms with van der Waals surface area (Å²) in [6.07, 6.45) is 5.22. The van der Waals surface area contributed by atoms with Gasteiger partial charge in [-0.1, -0.05) is 6.07 Å². The molecule has 1 N–H and O–H groups in total. The van der Waals surface area contributed by atoms with Gasteiger partial charge in [0.15, 0.2) is 0 Å². The summed E-state index contributed by atoms with van der Waals surface area (Å²) in [7, 11) is 1.29. The van der Waals surface area contributed by atoms with Crippen molar-refractivity contribution >= 4 is 17.7 Å². The Labute approximate surface area is 122 Å². The largest absolute Gasteiger partial charge is 0.469 e. The monoisotopic (exact) mass is 285 g/mol. The van der Waals surface area contributed by atoms with E-state index in [0.717, 1.165) is 11.1 Å².